The molecular weight excluding hydrogens is 511 g/mol. The Morgan fingerprint density at radius 3 is 2.19 bits per heavy atom. The Bertz CT molecular complexity index is 1460. The SMILES string of the molecule is Cc1ccc(S(=O)(=O)Nc2c(NC3CCC(NC(=O)Nc4ccc(F)c(Cl)c4)CC3)c(=O)c2=O)cc1. The molecule has 4 N–H and O–H groups in total. The normalized spacial score (nSPS) is 18.0. The van der Waals surface area contributed by atoms with Crippen LogP contribution in [-0.2, 0) is 10.0 Å². The minimum absolute atomic E-state index is 0.0140. The summed E-state index contributed by atoms with van der Waals surface area (Å²) in [4.78, 5) is 36.5. The van der Waals surface area contributed by atoms with Gasteiger partial charge in [-0.15, -0.1) is 0 Å². The van der Waals surface area contributed by atoms with Gasteiger partial charge in [0.05, 0.1) is 9.92 Å². The smallest absolute Gasteiger partial charge is 0.319 e. The number of nitrogens with one attached hydrogen (secondary N) is 4. The van der Waals surface area contributed by atoms with Gasteiger partial charge in [0.2, 0.25) is 0 Å². The molecule has 3 aromatic carbocycles. The number of sulfonamides is 1. The van der Waals surface area contributed by atoms with E-state index in [9.17, 15) is 27.2 Å². The largest absolute Gasteiger partial charge is 0.377 e. The fourth-order valence-corrected chi connectivity index (χ4v) is 5.31. The van der Waals surface area contributed by atoms with E-state index in [0.29, 0.717) is 31.4 Å². The molecule has 0 atom stereocenters. The lowest BCUT2D eigenvalue weighted by atomic mass is 9.91. The molecule has 0 aliphatic heterocycles. The zero-order valence-electron chi connectivity index (χ0n) is 19.2. The molecule has 0 radical (unpaired) electrons. The predicted molar refractivity (Wildman–Crippen MR) is 137 cm³/mol. The molecule has 9 nitrogen and oxygen atoms in total. The van der Waals surface area contributed by atoms with Crippen LogP contribution < -0.4 is 31.5 Å². The van der Waals surface area contributed by atoms with Gasteiger partial charge in [-0.25, -0.2) is 17.6 Å². The van der Waals surface area contributed by atoms with Crippen LogP contribution in [0.5, 0.6) is 0 Å². The third-order valence-electron chi connectivity index (χ3n) is 6.07. The van der Waals surface area contributed by atoms with Crippen molar-refractivity contribution in [3.63, 3.8) is 0 Å². The maximum Gasteiger partial charge on any atom is 0.319 e. The van der Waals surface area contributed by atoms with Crippen LogP contribution in [0.25, 0.3) is 0 Å². The molecule has 12 heteroatoms. The second-order valence-corrected chi connectivity index (χ2v) is 10.8. The Morgan fingerprint density at radius 2 is 1.56 bits per heavy atom. The summed E-state index contributed by atoms with van der Waals surface area (Å²) in [6, 6.07) is 9.23. The summed E-state index contributed by atoms with van der Waals surface area (Å²) < 4.78 is 40.8. The molecule has 1 aliphatic rings. The highest BCUT2D eigenvalue weighted by molar-refractivity contribution is 7.92. The number of urea groups is 1. The third kappa shape index (κ3) is 5.68. The van der Waals surface area contributed by atoms with Crippen LogP contribution in [0, 0.1) is 12.7 Å². The summed E-state index contributed by atoms with van der Waals surface area (Å²) in [6.45, 7) is 1.82. The molecule has 1 saturated carbocycles. The monoisotopic (exact) mass is 534 g/mol. The van der Waals surface area contributed by atoms with Gasteiger partial charge in [-0.1, -0.05) is 29.3 Å². The van der Waals surface area contributed by atoms with Crippen LogP contribution in [-0.4, -0.2) is 26.5 Å². The minimum atomic E-state index is -4.02. The molecule has 0 heterocycles. The van der Waals surface area contributed by atoms with E-state index in [0.717, 1.165) is 11.6 Å². The zero-order chi connectivity index (χ0) is 26.0. The fourth-order valence-electron chi connectivity index (χ4n) is 4.05. The van der Waals surface area contributed by atoms with E-state index in [4.69, 9.17) is 11.6 Å². The van der Waals surface area contributed by atoms with Crippen molar-refractivity contribution in [2.75, 3.05) is 15.4 Å². The molecule has 1 aliphatic carbocycles. The lowest BCUT2D eigenvalue weighted by Crippen LogP contribution is -2.44. The molecule has 0 aromatic heterocycles. The molecule has 0 spiro atoms. The van der Waals surface area contributed by atoms with E-state index in [1.165, 1.54) is 24.3 Å². The van der Waals surface area contributed by atoms with Crippen molar-refractivity contribution in [1.29, 1.82) is 0 Å². The Kier molecular flexibility index (Phi) is 7.32. The van der Waals surface area contributed by atoms with Crippen molar-refractivity contribution in [2.24, 2.45) is 0 Å². The van der Waals surface area contributed by atoms with E-state index in [2.05, 4.69) is 20.7 Å². The number of hydrogen-bond acceptors (Lipinski definition) is 6. The van der Waals surface area contributed by atoms with E-state index in [1.807, 2.05) is 6.92 Å². The molecule has 190 valence electrons. The minimum Gasteiger partial charge on any atom is -0.377 e. The van der Waals surface area contributed by atoms with Gasteiger partial charge in [-0.2, -0.15) is 0 Å². The van der Waals surface area contributed by atoms with Gasteiger partial charge >= 0.3 is 6.03 Å². The highest BCUT2D eigenvalue weighted by atomic mass is 35.5. The number of rotatable bonds is 7. The van der Waals surface area contributed by atoms with Crippen molar-refractivity contribution in [3.05, 3.63) is 79.3 Å². The Morgan fingerprint density at radius 1 is 0.944 bits per heavy atom. The topological polar surface area (TPSA) is 133 Å². The number of amides is 2. The van der Waals surface area contributed by atoms with Crippen molar-refractivity contribution >= 4 is 44.7 Å². The Balaban J connectivity index is 1.32. The standard InChI is InChI=1S/C24H24ClFN4O5S/c1-13-2-9-17(10-3-13)36(34,35)30-21-20(22(31)23(21)32)27-14-4-6-15(7-5-14)28-24(33)29-16-8-11-19(26)18(25)12-16/h2-3,8-12,14-15,27,30H,4-7H2,1H3,(H2,28,29,33). The summed E-state index contributed by atoms with van der Waals surface area (Å²) in [5.41, 5.74) is -0.727. The van der Waals surface area contributed by atoms with E-state index in [1.54, 1.807) is 12.1 Å². The average Bonchev–Trinajstić information content (AvgIpc) is 2.84. The van der Waals surface area contributed by atoms with Crippen LogP contribution in [0.1, 0.15) is 31.2 Å². The van der Waals surface area contributed by atoms with Crippen molar-refractivity contribution in [2.45, 2.75) is 49.6 Å². The molecule has 3 aromatic rings. The number of aryl methyl sites for hydroxylation is 1. The van der Waals surface area contributed by atoms with E-state index >= 15 is 0 Å². The third-order valence-corrected chi connectivity index (χ3v) is 7.72. The van der Waals surface area contributed by atoms with E-state index in [-0.39, 0.29) is 33.4 Å². The highest BCUT2D eigenvalue weighted by Gasteiger charge is 2.29. The number of carbonyl (C=O) groups excluding carboxylic acids is 1. The number of benzene rings is 2. The predicted octanol–water partition coefficient (Wildman–Crippen LogP) is 3.73. The van der Waals surface area contributed by atoms with Crippen molar-refractivity contribution in [3.8, 4) is 0 Å². The first-order valence-electron chi connectivity index (χ1n) is 11.3. The number of anilines is 3. The molecule has 1 fully saturated rings. The van der Waals surface area contributed by atoms with Crippen LogP contribution in [0.3, 0.4) is 0 Å². The van der Waals surface area contributed by atoms with Gasteiger partial charge in [0, 0.05) is 17.8 Å². The molecule has 0 bridgehead atoms. The second kappa shape index (κ2) is 10.3. The zero-order valence-corrected chi connectivity index (χ0v) is 20.8. The lowest BCUT2D eigenvalue weighted by Gasteiger charge is -2.31. The van der Waals surface area contributed by atoms with Crippen molar-refractivity contribution in [1.82, 2.24) is 5.32 Å². The molecule has 4 rings (SSSR count). The van der Waals surface area contributed by atoms with Gasteiger partial charge in [0.15, 0.2) is 0 Å². The van der Waals surface area contributed by atoms with Crippen LogP contribution >= 0.6 is 11.6 Å². The first kappa shape index (κ1) is 25.6. The van der Waals surface area contributed by atoms with Gasteiger partial charge in [0.25, 0.3) is 20.9 Å². The maximum absolute atomic E-state index is 13.3. The van der Waals surface area contributed by atoms with Crippen LogP contribution in [0.2, 0.25) is 5.02 Å². The van der Waals surface area contributed by atoms with Gasteiger partial charge in [-0.05, 0) is 62.9 Å². The fraction of sp³-hybridized carbons (Fsp3) is 0.292. The highest BCUT2D eigenvalue weighted by Crippen LogP contribution is 2.26. The average molecular weight is 535 g/mol. The first-order chi connectivity index (χ1) is 17.0. The molecular formula is C24H24ClFN4O5S. The Hall–Kier alpha value is -3.44. The maximum atomic E-state index is 13.3. The second-order valence-electron chi connectivity index (χ2n) is 8.75. The summed E-state index contributed by atoms with van der Waals surface area (Å²) in [7, 11) is -4.02. The van der Waals surface area contributed by atoms with Crippen molar-refractivity contribution < 1.29 is 17.6 Å². The van der Waals surface area contributed by atoms with E-state index < -0.39 is 32.7 Å². The molecule has 36 heavy (non-hydrogen) atoms. The number of hydrogen-bond donors (Lipinski definition) is 4. The summed E-state index contributed by atoms with van der Waals surface area (Å²) >= 11 is 5.72. The quantitative estimate of drug-likeness (QED) is 0.341. The number of halogens is 2. The van der Waals surface area contributed by atoms with Gasteiger partial charge in [-0.3, -0.25) is 14.3 Å². The summed E-state index contributed by atoms with van der Waals surface area (Å²) in [6.07, 6.45) is 2.34. The summed E-state index contributed by atoms with van der Waals surface area (Å²) in [5, 5.41) is 8.34. The molecule has 0 saturated heterocycles. The number of carbonyl (C=O) groups is 1. The van der Waals surface area contributed by atoms with Gasteiger partial charge < -0.3 is 16.0 Å². The van der Waals surface area contributed by atoms with Gasteiger partial charge in [0.1, 0.15) is 17.2 Å². The van der Waals surface area contributed by atoms with Crippen LogP contribution in [0.15, 0.2) is 56.9 Å². The molecule has 2 amide bonds. The Labute approximate surface area is 211 Å². The molecule has 0 unspecified atom stereocenters. The lowest BCUT2D eigenvalue weighted by molar-refractivity contribution is 0.243. The first-order valence-corrected chi connectivity index (χ1v) is 13.1. The van der Waals surface area contributed by atoms with Crippen LogP contribution in [0.4, 0.5) is 26.2 Å². The summed E-state index contributed by atoms with van der Waals surface area (Å²) in [5.74, 6) is -0.582.